The second kappa shape index (κ2) is 5.17. The van der Waals surface area contributed by atoms with Crippen molar-refractivity contribution in [2.45, 2.75) is 13.0 Å². The highest BCUT2D eigenvalue weighted by Crippen LogP contribution is 2.32. The van der Waals surface area contributed by atoms with Crippen LogP contribution in [0.1, 0.15) is 12.5 Å². The molecule has 0 bridgehead atoms. The molecule has 2 aliphatic rings. The Balaban J connectivity index is 1.67. The SMILES string of the molecule is CC1CN(C(=O)/C=C/c2ccc3c(c2)OCO3)CC1N. The van der Waals surface area contributed by atoms with Crippen LogP contribution in [0.4, 0.5) is 0 Å². The van der Waals surface area contributed by atoms with Crippen LogP contribution in [0.2, 0.25) is 0 Å². The molecular formula is C15H18N2O3. The Morgan fingerprint density at radius 2 is 2.15 bits per heavy atom. The monoisotopic (exact) mass is 274 g/mol. The smallest absolute Gasteiger partial charge is 0.246 e. The molecule has 2 atom stereocenters. The average Bonchev–Trinajstić information content (AvgIpc) is 3.03. The Labute approximate surface area is 118 Å². The van der Waals surface area contributed by atoms with E-state index in [1.807, 2.05) is 18.2 Å². The minimum absolute atomic E-state index is 0.00228. The highest BCUT2D eigenvalue weighted by atomic mass is 16.7. The molecular weight excluding hydrogens is 256 g/mol. The Morgan fingerprint density at radius 3 is 2.90 bits per heavy atom. The third-order valence-corrected chi connectivity index (χ3v) is 3.80. The van der Waals surface area contributed by atoms with Gasteiger partial charge in [0.05, 0.1) is 0 Å². The van der Waals surface area contributed by atoms with E-state index in [0.717, 1.165) is 23.6 Å². The van der Waals surface area contributed by atoms with Gasteiger partial charge in [-0.3, -0.25) is 4.79 Å². The molecule has 0 radical (unpaired) electrons. The molecule has 1 saturated heterocycles. The van der Waals surface area contributed by atoms with Crippen molar-refractivity contribution in [3.8, 4) is 11.5 Å². The topological polar surface area (TPSA) is 64.8 Å². The van der Waals surface area contributed by atoms with Crippen molar-refractivity contribution in [2.24, 2.45) is 11.7 Å². The summed E-state index contributed by atoms with van der Waals surface area (Å²) in [6, 6.07) is 5.69. The third-order valence-electron chi connectivity index (χ3n) is 3.80. The van der Waals surface area contributed by atoms with Crippen molar-refractivity contribution in [3.05, 3.63) is 29.8 Å². The van der Waals surface area contributed by atoms with Gasteiger partial charge in [0.2, 0.25) is 12.7 Å². The van der Waals surface area contributed by atoms with E-state index in [1.54, 1.807) is 17.1 Å². The van der Waals surface area contributed by atoms with Gasteiger partial charge in [0.15, 0.2) is 11.5 Å². The standard InChI is InChI=1S/C15H18N2O3/c1-10-7-17(8-12(10)16)15(18)5-3-11-2-4-13-14(6-11)20-9-19-13/h2-6,10,12H,7-9,16H2,1H3/b5-3+. The molecule has 1 fully saturated rings. The first kappa shape index (κ1) is 13.0. The summed E-state index contributed by atoms with van der Waals surface area (Å²) in [6.45, 7) is 3.68. The van der Waals surface area contributed by atoms with Crippen molar-refractivity contribution >= 4 is 12.0 Å². The number of carbonyl (C=O) groups is 1. The van der Waals surface area contributed by atoms with Gasteiger partial charge in [-0.25, -0.2) is 0 Å². The molecule has 1 amide bonds. The van der Waals surface area contributed by atoms with Gasteiger partial charge in [-0.1, -0.05) is 13.0 Å². The second-order valence-electron chi connectivity index (χ2n) is 5.33. The number of likely N-dealkylation sites (tertiary alicyclic amines) is 1. The molecule has 2 aliphatic heterocycles. The molecule has 0 aliphatic carbocycles. The van der Waals surface area contributed by atoms with Crippen molar-refractivity contribution in [2.75, 3.05) is 19.9 Å². The molecule has 2 N–H and O–H groups in total. The van der Waals surface area contributed by atoms with Crippen molar-refractivity contribution in [1.29, 1.82) is 0 Å². The van der Waals surface area contributed by atoms with Crippen LogP contribution in [0.5, 0.6) is 11.5 Å². The van der Waals surface area contributed by atoms with Crippen LogP contribution in [0, 0.1) is 5.92 Å². The molecule has 0 saturated carbocycles. The summed E-state index contributed by atoms with van der Waals surface area (Å²) in [5, 5.41) is 0. The van der Waals surface area contributed by atoms with Crippen molar-refractivity contribution < 1.29 is 14.3 Å². The lowest BCUT2D eigenvalue weighted by Crippen LogP contribution is -2.31. The Kier molecular flexibility index (Phi) is 3.36. The number of carbonyl (C=O) groups excluding carboxylic acids is 1. The lowest BCUT2D eigenvalue weighted by atomic mass is 10.1. The number of hydrogen-bond donors (Lipinski definition) is 1. The first-order valence-electron chi connectivity index (χ1n) is 6.76. The van der Waals surface area contributed by atoms with Gasteiger partial charge in [-0.15, -0.1) is 0 Å². The van der Waals surface area contributed by atoms with Crippen LogP contribution in [0.3, 0.4) is 0 Å². The number of amides is 1. The van der Waals surface area contributed by atoms with Gasteiger partial charge in [-0.2, -0.15) is 0 Å². The summed E-state index contributed by atoms with van der Waals surface area (Å²) in [6.07, 6.45) is 3.38. The molecule has 1 aromatic carbocycles. The first-order valence-corrected chi connectivity index (χ1v) is 6.76. The third kappa shape index (κ3) is 2.49. The number of ether oxygens (including phenoxy) is 2. The average molecular weight is 274 g/mol. The molecule has 106 valence electrons. The van der Waals surface area contributed by atoms with Gasteiger partial charge in [0.1, 0.15) is 0 Å². The fraction of sp³-hybridized carbons (Fsp3) is 0.400. The minimum atomic E-state index is 0.00228. The maximum absolute atomic E-state index is 12.1. The quantitative estimate of drug-likeness (QED) is 0.824. The summed E-state index contributed by atoms with van der Waals surface area (Å²) in [5.74, 6) is 1.82. The minimum Gasteiger partial charge on any atom is -0.454 e. The van der Waals surface area contributed by atoms with Crippen LogP contribution in [0.25, 0.3) is 6.08 Å². The van der Waals surface area contributed by atoms with Gasteiger partial charge >= 0.3 is 0 Å². The first-order chi connectivity index (χ1) is 9.63. The summed E-state index contributed by atoms with van der Waals surface area (Å²) in [4.78, 5) is 13.9. The maximum Gasteiger partial charge on any atom is 0.246 e. The number of hydrogen-bond acceptors (Lipinski definition) is 4. The van der Waals surface area contributed by atoms with E-state index in [9.17, 15) is 4.79 Å². The largest absolute Gasteiger partial charge is 0.454 e. The van der Waals surface area contributed by atoms with Crippen LogP contribution >= 0.6 is 0 Å². The van der Waals surface area contributed by atoms with E-state index in [2.05, 4.69) is 6.92 Å². The summed E-state index contributed by atoms with van der Waals surface area (Å²) >= 11 is 0. The van der Waals surface area contributed by atoms with Gasteiger partial charge in [0, 0.05) is 25.2 Å². The molecule has 5 nitrogen and oxygen atoms in total. The van der Waals surface area contributed by atoms with E-state index >= 15 is 0 Å². The summed E-state index contributed by atoms with van der Waals surface area (Å²) in [5.41, 5.74) is 6.84. The molecule has 2 unspecified atom stereocenters. The molecule has 20 heavy (non-hydrogen) atoms. The zero-order chi connectivity index (χ0) is 14.1. The Bertz CT molecular complexity index is 546. The lowest BCUT2D eigenvalue weighted by Gasteiger charge is -2.12. The number of nitrogens with two attached hydrogens (primary N) is 1. The molecule has 0 aromatic heterocycles. The van der Waals surface area contributed by atoms with E-state index in [4.69, 9.17) is 15.2 Å². The van der Waals surface area contributed by atoms with Crippen LogP contribution in [0.15, 0.2) is 24.3 Å². The fourth-order valence-electron chi connectivity index (χ4n) is 2.46. The zero-order valence-electron chi connectivity index (χ0n) is 11.4. The van der Waals surface area contributed by atoms with Crippen LogP contribution in [-0.2, 0) is 4.79 Å². The molecule has 0 spiro atoms. The fourth-order valence-corrected chi connectivity index (χ4v) is 2.46. The van der Waals surface area contributed by atoms with E-state index in [-0.39, 0.29) is 18.7 Å². The number of benzene rings is 1. The summed E-state index contributed by atoms with van der Waals surface area (Å²) < 4.78 is 10.6. The van der Waals surface area contributed by atoms with Gasteiger partial charge in [-0.05, 0) is 29.7 Å². The Hall–Kier alpha value is -2.01. The van der Waals surface area contributed by atoms with E-state index in [1.165, 1.54) is 0 Å². The summed E-state index contributed by atoms with van der Waals surface area (Å²) in [7, 11) is 0. The van der Waals surface area contributed by atoms with E-state index in [0.29, 0.717) is 12.5 Å². The van der Waals surface area contributed by atoms with E-state index < -0.39 is 0 Å². The number of fused-ring (bicyclic) bond motifs is 1. The van der Waals surface area contributed by atoms with Crippen LogP contribution in [-0.4, -0.2) is 36.7 Å². The van der Waals surface area contributed by atoms with Gasteiger partial charge in [0.25, 0.3) is 0 Å². The van der Waals surface area contributed by atoms with Crippen LogP contribution < -0.4 is 15.2 Å². The predicted molar refractivity (Wildman–Crippen MR) is 75.3 cm³/mol. The van der Waals surface area contributed by atoms with Crippen molar-refractivity contribution in [1.82, 2.24) is 4.90 Å². The highest BCUT2D eigenvalue weighted by Gasteiger charge is 2.28. The Morgan fingerprint density at radius 1 is 1.35 bits per heavy atom. The molecule has 5 heteroatoms. The molecule has 2 heterocycles. The predicted octanol–water partition coefficient (Wildman–Crippen LogP) is 1.23. The number of nitrogens with zero attached hydrogens (tertiary/aromatic N) is 1. The normalized spacial score (nSPS) is 24.6. The number of rotatable bonds is 2. The second-order valence-corrected chi connectivity index (χ2v) is 5.33. The van der Waals surface area contributed by atoms with Crippen molar-refractivity contribution in [3.63, 3.8) is 0 Å². The van der Waals surface area contributed by atoms with Gasteiger partial charge < -0.3 is 20.1 Å². The lowest BCUT2D eigenvalue weighted by molar-refractivity contribution is -0.125. The zero-order valence-corrected chi connectivity index (χ0v) is 11.4. The highest BCUT2D eigenvalue weighted by molar-refractivity contribution is 5.92. The maximum atomic E-state index is 12.1. The molecule has 1 aromatic rings. The molecule has 3 rings (SSSR count).